The summed E-state index contributed by atoms with van der Waals surface area (Å²) >= 11 is 0. The van der Waals surface area contributed by atoms with Gasteiger partial charge in [-0.3, -0.25) is 9.59 Å². The number of aromatic nitrogens is 2. The number of benzene rings is 1. The zero-order chi connectivity index (χ0) is 20.2. The molecule has 3 heterocycles. The fourth-order valence-electron chi connectivity index (χ4n) is 3.67. The van der Waals surface area contributed by atoms with Crippen LogP contribution >= 0.6 is 0 Å². The van der Waals surface area contributed by atoms with Gasteiger partial charge in [-0.05, 0) is 44.0 Å². The van der Waals surface area contributed by atoms with Crippen LogP contribution in [0.1, 0.15) is 30.3 Å². The van der Waals surface area contributed by atoms with Crippen molar-refractivity contribution in [3.8, 4) is 17.1 Å². The lowest BCUT2D eigenvalue weighted by Gasteiger charge is -2.31. The predicted octanol–water partition coefficient (Wildman–Crippen LogP) is 3.12. The number of furan rings is 1. The van der Waals surface area contributed by atoms with Crippen LogP contribution in [0.4, 0.5) is 0 Å². The van der Waals surface area contributed by atoms with E-state index < -0.39 is 0 Å². The summed E-state index contributed by atoms with van der Waals surface area (Å²) in [7, 11) is 0. The average molecular weight is 392 g/mol. The van der Waals surface area contributed by atoms with Gasteiger partial charge in [0.2, 0.25) is 5.91 Å². The molecule has 0 spiro atoms. The fraction of sp³-hybridized carbons (Fsp3) is 0.318. The zero-order valence-corrected chi connectivity index (χ0v) is 16.4. The number of amides is 2. The lowest BCUT2D eigenvalue weighted by molar-refractivity contribution is -0.126. The van der Waals surface area contributed by atoms with Crippen molar-refractivity contribution in [2.45, 2.75) is 19.8 Å². The topological polar surface area (TPSA) is 80.4 Å². The van der Waals surface area contributed by atoms with Crippen LogP contribution in [-0.4, -0.2) is 46.1 Å². The highest BCUT2D eigenvalue weighted by molar-refractivity contribution is 5.94. The van der Waals surface area contributed by atoms with Crippen molar-refractivity contribution >= 4 is 11.8 Å². The highest BCUT2D eigenvalue weighted by atomic mass is 16.3. The van der Waals surface area contributed by atoms with Crippen LogP contribution in [0, 0.1) is 5.92 Å². The summed E-state index contributed by atoms with van der Waals surface area (Å²) in [6, 6.07) is 15.0. The Kier molecular flexibility index (Phi) is 5.46. The third-order valence-electron chi connectivity index (χ3n) is 5.21. The molecule has 1 aromatic carbocycles. The Morgan fingerprint density at radius 3 is 2.55 bits per heavy atom. The van der Waals surface area contributed by atoms with E-state index in [2.05, 4.69) is 10.4 Å². The van der Waals surface area contributed by atoms with Gasteiger partial charge in [-0.15, -0.1) is 0 Å². The molecule has 0 saturated carbocycles. The number of carbonyl (C=O) groups excluding carboxylic acids is 2. The quantitative estimate of drug-likeness (QED) is 0.723. The van der Waals surface area contributed by atoms with Gasteiger partial charge >= 0.3 is 0 Å². The summed E-state index contributed by atoms with van der Waals surface area (Å²) in [5, 5.41) is 7.49. The summed E-state index contributed by atoms with van der Waals surface area (Å²) in [4.78, 5) is 27.2. The van der Waals surface area contributed by atoms with E-state index in [1.807, 2.05) is 43.3 Å². The summed E-state index contributed by atoms with van der Waals surface area (Å²) in [5.74, 6) is 0.572. The van der Waals surface area contributed by atoms with Gasteiger partial charge in [0.15, 0.2) is 5.76 Å². The lowest BCUT2D eigenvalue weighted by atomic mass is 9.95. The minimum atomic E-state index is -0.0893. The molecule has 4 rings (SSSR count). The fourth-order valence-corrected chi connectivity index (χ4v) is 3.67. The molecule has 3 aromatic rings. The van der Waals surface area contributed by atoms with Gasteiger partial charge in [0.25, 0.3) is 5.91 Å². The largest absolute Gasteiger partial charge is 0.463 e. The molecule has 29 heavy (non-hydrogen) atoms. The molecule has 0 unspecified atom stereocenters. The van der Waals surface area contributed by atoms with Gasteiger partial charge in [0, 0.05) is 31.6 Å². The van der Waals surface area contributed by atoms with Crippen LogP contribution in [0.2, 0.25) is 0 Å². The first kappa shape index (κ1) is 19.0. The normalized spacial score (nSPS) is 14.7. The molecule has 1 aliphatic heterocycles. The van der Waals surface area contributed by atoms with Crippen LogP contribution < -0.4 is 5.32 Å². The standard InChI is InChI=1S/C22H24N4O3/c1-2-23-21(27)16-10-12-25(13-11-16)22(28)19-15-18(20-9-6-14-29-20)24-26(19)17-7-4-3-5-8-17/h3-9,14-16H,2,10-13H2,1H3,(H,23,27). The highest BCUT2D eigenvalue weighted by Crippen LogP contribution is 2.25. The number of nitrogens with one attached hydrogen (secondary N) is 1. The molecule has 0 radical (unpaired) electrons. The third-order valence-corrected chi connectivity index (χ3v) is 5.21. The van der Waals surface area contributed by atoms with Crippen molar-refractivity contribution in [1.82, 2.24) is 20.0 Å². The number of hydrogen-bond acceptors (Lipinski definition) is 4. The van der Waals surface area contributed by atoms with Crippen LogP contribution in [0.5, 0.6) is 0 Å². The Morgan fingerprint density at radius 1 is 1.14 bits per heavy atom. The molecule has 1 aliphatic rings. The molecule has 7 heteroatoms. The molecule has 1 N–H and O–H groups in total. The molecule has 2 amide bonds. The number of piperidine rings is 1. The van der Waals surface area contributed by atoms with E-state index >= 15 is 0 Å². The molecule has 1 saturated heterocycles. The van der Waals surface area contributed by atoms with Crippen molar-refractivity contribution in [3.05, 3.63) is 60.5 Å². The summed E-state index contributed by atoms with van der Waals surface area (Å²) in [6.45, 7) is 3.65. The first-order valence-electron chi connectivity index (χ1n) is 9.93. The summed E-state index contributed by atoms with van der Waals surface area (Å²) < 4.78 is 7.13. The molecule has 0 aliphatic carbocycles. The smallest absolute Gasteiger partial charge is 0.272 e. The highest BCUT2D eigenvalue weighted by Gasteiger charge is 2.30. The van der Waals surface area contributed by atoms with E-state index in [9.17, 15) is 9.59 Å². The number of nitrogens with zero attached hydrogens (tertiary/aromatic N) is 3. The molecule has 7 nitrogen and oxygen atoms in total. The van der Waals surface area contributed by atoms with E-state index in [0.29, 0.717) is 49.6 Å². The maximum atomic E-state index is 13.3. The molecule has 150 valence electrons. The van der Waals surface area contributed by atoms with Crippen molar-refractivity contribution in [1.29, 1.82) is 0 Å². The van der Waals surface area contributed by atoms with Crippen molar-refractivity contribution in [3.63, 3.8) is 0 Å². The Morgan fingerprint density at radius 2 is 1.90 bits per heavy atom. The Labute approximate surface area is 169 Å². The second-order valence-corrected chi connectivity index (χ2v) is 7.10. The number of carbonyl (C=O) groups is 2. The number of para-hydroxylation sites is 1. The van der Waals surface area contributed by atoms with Gasteiger partial charge in [0.1, 0.15) is 11.4 Å². The Balaban J connectivity index is 1.59. The van der Waals surface area contributed by atoms with Gasteiger partial charge in [-0.25, -0.2) is 4.68 Å². The van der Waals surface area contributed by atoms with Gasteiger partial charge < -0.3 is 14.6 Å². The molecular weight excluding hydrogens is 368 g/mol. The number of likely N-dealkylation sites (tertiary alicyclic amines) is 1. The summed E-state index contributed by atoms with van der Waals surface area (Å²) in [6.07, 6.45) is 2.93. The first-order valence-corrected chi connectivity index (χ1v) is 9.93. The predicted molar refractivity (Wildman–Crippen MR) is 109 cm³/mol. The second-order valence-electron chi connectivity index (χ2n) is 7.10. The monoisotopic (exact) mass is 392 g/mol. The Hall–Kier alpha value is -3.35. The minimum absolute atomic E-state index is 0.0308. The van der Waals surface area contributed by atoms with Crippen molar-refractivity contribution < 1.29 is 14.0 Å². The van der Waals surface area contributed by atoms with Gasteiger partial charge in [-0.1, -0.05) is 18.2 Å². The van der Waals surface area contributed by atoms with Crippen LogP contribution in [0.15, 0.2) is 59.2 Å². The van der Waals surface area contributed by atoms with Gasteiger partial charge in [-0.2, -0.15) is 5.10 Å². The van der Waals surface area contributed by atoms with Gasteiger partial charge in [0.05, 0.1) is 12.0 Å². The van der Waals surface area contributed by atoms with E-state index in [1.165, 1.54) is 0 Å². The van der Waals surface area contributed by atoms with E-state index in [0.717, 1.165) is 5.69 Å². The zero-order valence-electron chi connectivity index (χ0n) is 16.4. The SMILES string of the molecule is CCNC(=O)C1CCN(C(=O)c2cc(-c3ccco3)nn2-c2ccccc2)CC1. The lowest BCUT2D eigenvalue weighted by Crippen LogP contribution is -2.43. The second kappa shape index (κ2) is 8.34. The number of rotatable bonds is 5. The number of hydrogen-bond donors (Lipinski definition) is 1. The first-order chi connectivity index (χ1) is 14.2. The van der Waals surface area contributed by atoms with Crippen molar-refractivity contribution in [2.24, 2.45) is 5.92 Å². The average Bonchev–Trinajstić information content (AvgIpc) is 3.44. The van der Waals surface area contributed by atoms with E-state index in [-0.39, 0.29) is 17.7 Å². The molecule has 0 bridgehead atoms. The molecule has 2 aromatic heterocycles. The molecule has 1 fully saturated rings. The maximum Gasteiger partial charge on any atom is 0.272 e. The Bertz CT molecular complexity index is 971. The van der Waals surface area contributed by atoms with Crippen LogP contribution in [0.25, 0.3) is 17.1 Å². The summed E-state index contributed by atoms with van der Waals surface area (Å²) in [5.41, 5.74) is 1.91. The van der Waals surface area contributed by atoms with E-state index in [4.69, 9.17) is 4.42 Å². The minimum Gasteiger partial charge on any atom is -0.463 e. The third kappa shape index (κ3) is 3.94. The van der Waals surface area contributed by atoms with Crippen LogP contribution in [-0.2, 0) is 4.79 Å². The van der Waals surface area contributed by atoms with Crippen molar-refractivity contribution in [2.75, 3.05) is 19.6 Å². The molecule has 0 atom stereocenters. The van der Waals surface area contributed by atoms with Crippen LogP contribution in [0.3, 0.4) is 0 Å². The van der Waals surface area contributed by atoms with E-state index in [1.54, 1.807) is 28.0 Å². The maximum absolute atomic E-state index is 13.3. The molecular formula is C22H24N4O3.